The Balaban J connectivity index is 2.45. The van der Waals surface area contributed by atoms with Gasteiger partial charge in [-0.25, -0.2) is 0 Å². The molecule has 0 amide bonds. The van der Waals surface area contributed by atoms with Crippen molar-refractivity contribution in [3.63, 3.8) is 0 Å². The number of hydrogen-bond acceptors (Lipinski definition) is 3. The highest BCUT2D eigenvalue weighted by molar-refractivity contribution is 5.83. The molecule has 1 saturated carbocycles. The molecule has 1 aliphatic carbocycles. The number of carboxylic acids is 1. The molecule has 0 radical (unpaired) electrons. The molecule has 0 heterocycles. The lowest BCUT2D eigenvalue weighted by atomic mass is 9.64. The van der Waals surface area contributed by atoms with Gasteiger partial charge in [-0.1, -0.05) is 57.0 Å². The zero-order chi connectivity index (χ0) is 16.9. The van der Waals surface area contributed by atoms with Crippen molar-refractivity contribution in [3.05, 3.63) is 35.9 Å². The predicted molar refractivity (Wildman–Crippen MR) is 91.6 cm³/mol. The summed E-state index contributed by atoms with van der Waals surface area (Å²) >= 11 is 0. The molecule has 1 unspecified atom stereocenters. The molecule has 1 aromatic carbocycles. The van der Waals surface area contributed by atoms with Gasteiger partial charge >= 0.3 is 5.97 Å². The summed E-state index contributed by atoms with van der Waals surface area (Å²) in [6, 6.07) is 9.32. The first kappa shape index (κ1) is 18.0. The molecule has 1 atom stereocenters. The van der Waals surface area contributed by atoms with E-state index in [1.54, 1.807) is 0 Å². The summed E-state index contributed by atoms with van der Waals surface area (Å²) in [5.74, 6) is -0.903. The van der Waals surface area contributed by atoms with Crippen molar-refractivity contribution in [2.75, 3.05) is 19.6 Å². The summed E-state index contributed by atoms with van der Waals surface area (Å²) in [6.07, 6.45) is 3.34. The van der Waals surface area contributed by atoms with Gasteiger partial charge in [-0.3, -0.25) is 4.79 Å². The molecule has 0 spiro atoms. The Bertz CT molecular complexity index is 507. The average Bonchev–Trinajstić information content (AvgIpc) is 3.00. The van der Waals surface area contributed by atoms with Crippen LogP contribution in [0.4, 0.5) is 0 Å². The van der Waals surface area contributed by atoms with Crippen LogP contribution in [0.1, 0.15) is 51.5 Å². The first-order valence-electron chi connectivity index (χ1n) is 8.74. The molecule has 1 aromatic rings. The Kier molecular flexibility index (Phi) is 5.82. The third-order valence-corrected chi connectivity index (χ3v) is 5.55. The van der Waals surface area contributed by atoms with Crippen LogP contribution in [0.3, 0.4) is 0 Å². The molecular weight excluding hydrogens is 290 g/mol. The molecule has 128 valence electrons. The van der Waals surface area contributed by atoms with Crippen molar-refractivity contribution in [3.8, 4) is 0 Å². The summed E-state index contributed by atoms with van der Waals surface area (Å²) < 4.78 is 0. The second kappa shape index (κ2) is 7.45. The standard InChI is InChI=1S/C19H29NO3/c1-3-20(4-2)15-14-19(17(21)22,16-10-6-5-7-11-16)18(23)12-8-9-13-18/h5-7,10-11,23H,3-4,8-9,12-15H2,1-2H3,(H,21,22). The number of carbonyl (C=O) groups is 1. The first-order valence-corrected chi connectivity index (χ1v) is 8.74. The maximum absolute atomic E-state index is 12.4. The van der Waals surface area contributed by atoms with Gasteiger partial charge in [0.15, 0.2) is 0 Å². The fourth-order valence-electron chi connectivity index (χ4n) is 4.05. The summed E-state index contributed by atoms with van der Waals surface area (Å²) in [6.45, 7) is 6.62. The SMILES string of the molecule is CCN(CC)CCC(C(=O)O)(c1ccccc1)C1(O)CCCC1. The number of benzene rings is 1. The largest absolute Gasteiger partial charge is 0.480 e. The normalized spacial score (nSPS) is 19.7. The average molecular weight is 319 g/mol. The third-order valence-electron chi connectivity index (χ3n) is 5.55. The lowest BCUT2D eigenvalue weighted by Gasteiger charge is -2.43. The van der Waals surface area contributed by atoms with E-state index in [0.717, 1.165) is 31.5 Å². The molecule has 0 bridgehead atoms. The minimum absolute atomic E-state index is 0.435. The Morgan fingerprint density at radius 2 is 1.74 bits per heavy atom. The van der Waals surface area contributed by atoms with Crippen LogP contribution in [0.2, 0.25) is 0 Å². The lowest BCUT2D eigenvalue weighted by Crippen LogP contribution is -2.56. The summed E-state index contributed by atoms with van der Waals surface area (Å²) in [5.41, 5.74) is -1.66. The van der Waals surface area contributed by atoms with Gasteiger partial charge in [0.1, 0.15) is 5.41 Å². The Morgan fingerprint density at radius 3 is 2.22 bits per heavy atom. The summed E-state index contributed by atoms with van der Waals surface area (Å²) in [7, 11) is 0. The van der Waals surface area contributed by atoms with Crippen molar-refractivity contribution in [2.45, 2.75) is 57.0 Å². The Labute approximate surface area is 139 Å². The van der Waals surface area contributed by atoms with Crippen LogP contribution in [0.5, 0.6) is 0 Å². The highest BCUT2D eigenvalue weighted by Crippen LogP contribution is 2.48. The second-order valence-corrected chi connectivity index (χ2v) is 6.59. The number of aliphatic hydroxyl groups is 1. The molecule has 1 aliphatic rings. The van der Waals surface area contributed by atoms with Crippen LogP contribution in [0, 0.1) is 0 Å². The van der Waals surface area contributed by atoms with Crippen LogP contribution in [0.15, 0.2) is 30.3 Å². The highest BCUT2D eigenvalue weighted by atomic mass is 16.4. The van der Waals surface area contributed by atoms with Gasteiger partial charge in [-0.05, 0) is 44.5 Å². The maximum Gasteiger partial charge on any atom is 0.317 e. The minimum atomic E-state index is -1.23. The van der Waals surface area contributed by atoms with Gasteiger partial charge in [0.25, 0.3) is 0 Å². The minimum Gasteiger partial charge on any atom is -0.480 e. The first-order chi connectivity index (χ1) is 11.0. The van der Waals surface area contributed by atoms with Gasteiger partial charge in [0.05, 0.1) is 5.60 Å². The molecule has 0 saturated heterocycles. The summed E-state index contributed by atoms with van der Waals surface area (Å²) in [5, 5.41) is 21.5. The molecule has 1 fully saturated rings. The van der Waals surface area contributed by atoms with Crippen molar-refractivity contribution in [2.24, 2.45) is 0 Å². The smallest absolute Gasteiger partial charge is 0.317 e. The van der Waals surface area contributed by atoms with E-state index >= 15 is 0 Å². The van der Waals surface area contributed by atoms with Crippen LogP contribution >= 0.6 is 0 Å². The van der Waals surface area contributed by atoms with Gasteiger partial charge in [-0.2, -0.15) is 0 Å². The highest BCUT2D eigenvalue weighted by Gasteiger charge is 2.57. The van der Waals surface area contributed by atoms with Crippen molar-refractivity contribution in [1.29, 1.82) is 0 Å². The molecule has 4 heteroatoms. The number of aliphatic carboxylic acids is 1. The number of nitrogens with zero attached hydrogens (tertiary/aromatic N) is 1. The topological polar surface area (TPSA) is 60.8 Å². The zero-order valence-corrected chi connectivity index (χ0v) is 14.3. The monoisotopic (exact) mass is 319 g/mol. The van der Waals surface area contributed by atoms with Gasteiger partial charge in [0.2, 0.25) is 0 Å². The number of carboxylic acid groups (broad SMARTS) is 1. The maximum atomic E-state index is 12.4. The van der Waals surface area contributed by atoms with Gasteiger partial charge < -0.3 is 15.1 Å². The van der Waals surface area contributed by atoms with Gasteiger partial charge in [-0.15, -0.1) is 0 Å². The Hall–Kier alpha value is -1.39. The molecule has 0 aromatic heterocycles. The predicted octanol–water partition coefficient (Wildman–Crippen LogP) is 3.05. The van der Waals surface area contributed by atoms with E-state index < -0.39 is 17.0 Å². The van der Waals surface area contributed by atoms with Crippen molar-refractivity contribution in [1.82, 2.24) is 4.90 Å². The summed E-state index contributed by atoms with van der Waals surface area (Å²) in [4.78, 5) is 14.6. The van der Waals surface area contributed by atoms with E-state index in [9.17, 15) is 15.0 Å². The quantitative estimate of drug-likeness (QED) is 0.773. The molecule has 23 heavy (non-hydrogen) atoms. The molecule has 0 aliphatic heterocycles. The number of hydrogen-bond donors (Lipinski definition) is 2. The van der Waals surface area contributed by atoms with E-state index in [-0.39, 0.29) is 0 Å². The van der Waals surface area contributed by atoms with E-state index in [4.69, 9.17) is 0 Å². The van der Waals surface area contributed by atoms with Gasteiger partial charge in [0, 0.05) is 0 Å². The van der Waals surface area contributed by atoms with Crippen LogP contribution < -0.4 is 0 Å². The van der Waals surface area contributed by atoms with Crippen LogP contribution in [0.25, 0.3) is 0 Å². The fraction of sp³-hybridized carbons (Fsp3) is 0.632. The van der Waals surface area contributed by atoms with Crippen molar-refractivity contribution >= 4 is 5.97 Å². The lowest BCUT2D eigenvalue weighted by molar-refractivity contribution is -0.158. The molecule has 2 rings (SSSR count). The van der Waals surface area contributed by atoms with Crippen LogP contribution in [-0.2, 0) is 10.2 Å². The third kappa shape index (κ3) is 3.29. The molecular formula is C19H29NO3. The second-order valence-electron chi connectivity index (χ2n) is 6.59. The van der Waals surface area contributed by atoms with E-state index in [1.165, 1.54) is 0 Å². The zero-order valence-electron chi connectivity index (χ0n) is 14.3. The molecule has 4 nitrogen and oxygen atoms in total. The van der Waals surface area contributed by atoms with E-state index in [1.807, 2.05) is 30.3 Å². The van der Waals surface area contributed by atoms with E-state index in [2.05, 4.69) is 18.7 Å². The van der Waals surface area contributed by atoms with Crippen LogP contribution in [-0.4, -0.2) is 46.3 Å². The number of rotatable bonds is 8. The Morgan fingerprint density at radius 1 is 1.17 bits per heavy atom. The fourth-order valence-corrected chi connectivity index (χ4v) is 4.05. The van der Waals surface area contributed by atoms with E-state index in [0.29, 0.717) is 25.8 Å². The van der Waals surface area contributed by atoms with Crippen molar-refractivity contribution < 1.29 is 15.0 Å². The molecule has 2 N–H and O–H groups in total.